The van der Waals surface area contributed by atoms with Crippen LogP contribution in [-0.4, -0.2) is 18.1 Å². The predicted molar refractivity (Wildman–Crippen MR) is 47.8 cm³/mol. The molecule has 0 aliphatic carbocycles. The average molecular weight is 266 g/mol. The highest BCUT2D eigenvalue weighted by molar-refractivity contribution is 14.0. The Labute approximate surface area is 73.8 Å². The van der Waals surface area contributed by atoms with Crippen molar-refractivity contribution < 1.29 is 13.9 Å². The van der Waals surface area contributed by atoms with E-state index in [4.69, 9.17) is 4.89 Å². The fourth-order valence-corrected chi connectivity index (χ4v) is 0.774. The number of hydrogen-bond donors (Lipinski definition) is 1. The summed E-state index contributed by atoms with van der Waals surface area (Å²) in [7, 11) is -1.58. The van der Waals surface area contributed by atoms with E-state index in [0.717, 1.165) is 0 Å². The molecule has 0 aliphatic heterocycles. The lowest BCUT2D eigenvalue weighted by Gasteiger charge is -2.05. The van der Waals surface area contributed by atoms with Crippen molar-refractivity contribution in [2.75, 3.05) is 13.2 Å². The Morgan fingerprint density at radius 3 is 1.78 bits per heavy atom. The molecule has 5 heteroatoms. The van der Waals surface area contributed by atoms with Crippen LogP contribution in [0.5, 0.6) is 0 Å². The fraction of sp³-hybridized carbons (Fsp3) is 1.00. The van der Waals surface area contributed by atoms with Crippen molar-refractivity contribution in [3.8, 4) is 0 Å². The van der Waals surface area contributed by atoms with Crippen LogP contribution < -0.4 is 0 Å². The van der Waals surface area contributed by atoms with Crippen molar-refractivity contribution in [2.45, 2.75) is 13.8 Å². The molecule has 0 spiro atoms. The molecular formula is C4H12IO3P. The van der Waals surface area contributed by atoms with Gasteiger partial charge in [-0.05, 0) is 13.8 Å². The van der Waals surface area contributed by atoms with E-state index in [2.05, 4.69) is 9.05 Å². The summed E-state index contributed by atoms with van der Waals surface area (Å²) in [4.78, 5) is 8.67. The van der Waals surface area contributed by atoms with E-state index in [-0.39, 0.29) is 24.0 Å². The molecule has 0 fully saturated rings. The van der Waals surface area contributed by atoms with Gasteiger partial charge in [0.2, 0.25) is 0 Å². The van der Waals surface area contributed by atoms with Crippen LogP contribution >= 0.6 is 32.6 Å². The summed E-state index contributed by atoms with van der Waals surface area (Å²) in [5.74, 6) is 0. The summed E-state index contributed by atoms with van der Waals surface area (Å²) in [6, 6.07) is 0. The molecule has 3 nitrogen and oxygen atoms in total. The Morgan fingerprint density at radius 2 is 1.56 bits per heavy atom. The zero-order valence-electron chi connectivity index (χ0n) is 5.53. The Morgan fingerprint density at radius 1 is 1.22 bits per heavy atom. The SMILES string of the molecule is CCOP(O)OCC.I. The second kappa shape index (κ2) is 9.04. The van der Waals surface area contributed by atoms with Gasteiger partial charge in [0.15, 0.2) is 0 Å². The van der Waals surface area contributed by atoms with Crippen molar-refractivity contribution >= 4 is 32.6 Å². The molecule has 9 heavy (non-hydrogen) atoms. The third kappa shape index (κ3) is 9.04. The zero-order valence-corrected chi connectivity index (χ0v) is 8.76. The molecular weight excluding hydrogens is 254 g/mol. The van der Waals surface area contributed by atoms with E-state index in [0.29, 0.717) is 13.2 Å². The van der Waals surface area contributed by atoms with Gasteiger partial charge < -0.3 is 13.9 Å². The lowest BCUT2D eigenvalue weighted by molar-refractivity contribution is 0.216. The largest absolute Gasteiger partial charge is 0.329 e. The van der Waals surface area contributed by atoms with E-state index < -0.39 is 8.60 Å². The van der Waals surface area contributed by atoms with E-state index in [1.165, 1.54) is 0 Å². The van der Waals surface area contributed by atoms with Crippen LogP contribution in [0, 0.1) is 0 Å². The molecule has 0 aromatic heterocycles. The first-order chi connectivity index (χ1) is 3.81. The second-order valence-corrected chi connectivity index (χ2v) is 2.07. The molecule has 0 aliphatic rings. The van der Waals surface area contributed by atoms with Gasteiger partial charge in [-0.25, -0.2) is 0 Å². The smallest absolute Gasteiger partial charge is 0.328 e. The van der Waals surface area contributed by atoms with Gasteiger partial charge in [-0.2, -0.15) is 0 Å². The van der Waals surface area contributed by atoms with Crippen LogP contribution in [0.15, 0.2) is 0 Å². The maximum absolute atomic E-state index is 8.67. The monoisotopic (exact) mass is 266 g/mol. The molecule has 58 valence electrons. The first-order valence-electron chi connectivity index (χ1n) is 2.56. The summed E-state index contributed by atoms with van der Waals surface area (Å²) in [5, 5.41) is 0. The maximum Gasteiger partial charge on any atom is 0.329 e. The normalized spacial score (nSPS) is 9.33. The molecule has 0 saturated carbocycles. The Kier molecular flexibility index (Phi) is 12.7. The standard InChI is InChI=1S/C4H11O3P.HI/c1-3-6-8(5)7-4-2;/h5H,3-4H2,1-2H3;1H. The molecule has 0 unspecified atom stereocenters. The van der Waals surface area contributed by atoms with Crippen molar-refractivity contribution in [1.82, 2.24) is 0 Å². The van der Waals surface area contributed by atoms with Crippen molar-refractivity contribution in [1.29, 1.82) is 0 Å². The van der Waals surface area contributed by atoms with E-state index >= 15 is 0 Å². The molecule has 0 amide bonds. The van der Waals surface area contributed by atoms with Crippen molar-refractivity contribution in [3.63, 3.8) is 0 Å². The quantitative estimate of drug-likeness (QED) is 0.623. The van der Waals surface area contributed by atoms with Gasteiger partial charge in [0.25, 0.3) is 0 Å². The van der Waals surface area contributed by atoms with E-state index in [9.17, 15) is 0 Å². The molecule has 0 aromatic carbocycles. The number of halogens is 1. The molecule has 0 saturated heterocycles. The molecule has 0 heterocycles. The summed E-state index contributed by atoms with van der Waals surface area (Å²) in [5.41, 5.74) is 0. The maximum atomic E-state index is 8.67. The molecule has 0 atom stereocenters. The highest BCUT2D eigenvalue weighted by atomic mass is 127. The van der Waals surface area contributed by atoms with Crippen LogP contribution in [0.1, 0.15) is 13.8 Å². The first-order valence-corrected chi connectivity index (χ1v) is 3.69. The molecule has 0 rings (SSSR count). The van der Waals surface area contributed by atoms with Crippen molar-refractivity contribution in [2.24, 2.45) is 0 Å². The topological polar surface area (TPSA) is 38.7 Å². The Hall–Kier alpha value is 1.04. The summed E-state index contributed by atoms with van der Waals surface area (Å²) < 4.78 is 9.36. The van der Waals surface area contributed by atoms with Gasteiger partial charge in [-0.15, -0.1) is 24.0 Å². The Balaban J connectivity index is 0. The number of rotatable bonds is 4. The van der Waals surface area contributed by atoms with Crippen LogP contribution in [0.4, 0.5) is 0 Å². The van der Waals surface area contributed by atoms with Crippen molar-refractivity contribution in [3.05, 3.63) is 0 Å². The minimum Gasteiger partial charge on any atom is -0.328 e. The van der Waals surface area contributed by atoms with Crippen LogP contribution in [0.3, 0.4) is 0 Å². The van der Waals surface area contributed by atoms with E-state index in [1.807, 2.05) is 13.8 Å². The summed E-state index contributed by atoms with van der Waals surface area (Å²) >= 11 is 0. The summed E-state index contributed by atoms with van der Waals surface area (Å²) in [6.45, 7) is 4.62. The predicted octanol–water partition coefficient (Wildman–Crippen LogP) is 1.90. The molecule has 0 bridgehead atoms. The van der Waals surface area contributed by atoms with Crippen LogP contribution in [-0.2, 0) is 9.05 Å². The van der Waals surface area contributed by atoms with Gasteiger partial charge in [-0.3, -0.25) is 0 Å². The highest BCUT2D eigenvalue weighted by Gasteiger charge is 2.00. The molecule has 1 N–H and O–H groups in total. The minimum atomic E-state index is -1.58. The van der Waals surface area contributed by atoms with Gasteiger partial charge >= 0.3 is 8.60 Å². The lowest BCUT2D eigenvalue weighted by atomic mass is 10.9. The van der Waals surface area contributed by atoms with Crippen LogP contribution in [0.25, 0.3) is 0 Å². The second-order valence-electron chi connectivity index (χ2n) is 1.07. The third-order valence-corrected chi connectivity index (χ3v) is 1.44. The highest BCUT2D eigenvalue weighted by Crippen LogP contribution is 2.31. The number of hydrogen-bond acceptors (Lipinski definition) is 3. The zero-order chi connectivity index (χ0) is 6.41. The third-order valence-electron chi connectivity index (χ3n) is 0.479. The molecule has 0 aromatic rings. The minimum absolute atomic E-state index is 0. The summed E-state index contributed by atoms with van der Waals surface area (Å²) in [6.07, 6.45) is 0. The van der Waals surface area contributed by atoms with Gasteiger partial charge in [0.05, 0.1) is 13.2 Å². The molecule has 0 radical (unpaired) electrons. The van der Waals surface area contributed by atoms with E-state index in [1.54, 1.807) is 0 Å². The van der Waals surface area contributed by atoms with Gasteiger partial charge in [0, 0.05) is 0 Å². The average Bonchev–Trinajstić information content (AvgIpc) is 1.68. The fourth-order valence-electron chi connectivity index (χ4n) is 0.258. The van der Waals surface area contributed by atoms with Crippen LogP contribution in [0.2, 0.25) is 0 Å². The Bertz CT molecular complexity index is 49.1. The lowest BCUT2D eigenvalue weighted by Crippen LogP contribution is -1.87. The van der Waals surface area contributed by atoms with Gasteiger partial charge in [-0.1, -0.05) is 0 Å². The van der Waals surface area contributed by atoms with Gasteiger partial charge in [0.1, 0.15) is 0 Å². The first kappa shape index (κ1) is 12.7.